The first-order valence-corrected chi connectivity index (χ1v) is 9.72. The molecular formula is C16H27N5O2S2. The van der Waals surface area contributed by atoms with Gasteiger partial charge in [0.2, 0.25) is 16.9 Å². The molecule has 1 fully saturated rings. The summed E-state index contributed by atoms with van der Waals surface area (Å²) in [6.07, 6.45) is 2.49. The first-order valence-electron chi connectivity index (χ1n) is 8.50. The third-order valence-corrected chi connectivity index (χ3v) is 4.90. The minimum atomic E-state index is -0.257. The third-order valence-electron chi connectivity index (χ3n) is 3.59. The molecule has 1 aliphatic carbocycles. The highest BCUT2D eigenvalue weighted by Gasteiger charge is 2.35. The van der Waals surface area contributed by atoms with E-state index in [0.29, 0.717) is 22.2 Å². The van der Waals surface area contributed by atoms with Crippen molar-refractivity contribution in [3.8, 4) is 0 Å². The van der Waals surface area contributed by atoms with E-state index in [1.54, 1.807) is 9.58 Å². The van der Waals surface area contributed by atoms with Crippen molar-refractivity contribution < 1.29 is 9.59 Å². The molecule has 0 aromatic carbocycles. The minimum absolute atomic E-state index is 0.0438. The van der Waals surface area contributed by atoms with Crippen LogP contribution < -0.4 is 10.2 Å². The van der Waals surface area contributed by atoms with Gasteiger partial charge in [0.05, 0.1) is 13.2 Å². The minimum Gasteiger partial charge on any atom is -0.350 e. The molecule has 9 heteroatoms. The molecule has 140 valence electrons. The second kappa shape index (κ2) is 7.92. The number of carbonyl (C=O) groups excluding carboxylic acids is 2. The highest BCUT2D eigenvalue weighted by molar-refractivity contribution is 7.73. The first kappa shape index (κ1) is 20.0. The highest BCUT2D eigenvalue weighted by atomic mass is 32.1. The molecule has 0 aliphatic heterocycles. The lowest BCUT2D eigenvalue weighted by molar-refractivity contribution is -0.123. The fraction of sp³-hybridized carbons (Fsp3) is 0.750. The van der Waals surface area contributed by atoms with Crippen molar-refractivity contribution in [2.75, 3.05) is 18.5 Å². The molecule has 0 atom stereocenters. The molecule has 0 unspecified atom stereocenters. The average molecular weight is 386 g/mol. The molecule has 2 rings (SSSR count). The summed E-state index contributed by atoms with van der Waals surface area (Å²) >= 11 is 6.75. The van der Waals surface area contributed by atoms with Crippen molar-refractivity contribution in [1.82, 2.24) is 20.0 Å². The van der Waals surface area contributed by atoms with Crippen LogP contribution in [0.25, 0.3) is 0 Å². The Morgan fingerprint density at radius 3 is 2.56 bits per heavy atom. The van der Waals surface area contributed by atoms with Gasteiger partial charge in [-0.05, 0) is 52.9 Å². The number of likely N-dealkylation sites (N-methyl/N-ethyl adjacent to an activating group) is 1. The predicted octanol–water partition coefficient (Wildman–Crippen LogP) is 2.38. The zero-order chi connectivity index (χ0) is 18.8. The molecule has 25 heavy (non-hydrogen) atoms. The lowest BCUT2D eigenvalue weighted by atomic mass is 10.1. The summed E-state index contributed by atoms with van der Waals surface area (Å²) in [6.45, 7) is 8.37. The van der Waals surface area contributed by atoms with Crippen LogP contribution >= 0.6 is 23.6 Å². The Labute approximate surface area is 158 Å². The third kappa shape index (κ3) is 5.86. The second-order valence-corrected chi connectivity index (χ2v) is 9.05. The molecule has 1 heterocycles. The number of carbonyl (C=O) groups is 2. The van der Waals surface area contributed by atoms with Gasteiger partial charge in [0, 0.05) is 18.0 Å². The van der Waals surface area contributed by atoms with Gasteiger partial charge in [-0.15, -0.1) is 5.10 Å². The van der Waals surface area contributed by atoms with Gasteiger partial charge in [0.25, 0.3) is 0 Å². The molecule has 1 aromatic rings. The van der Waals surface area contributed by atoms with Crippen molar-refractivity contribution in [2.24, 2.45) is 0 Å². The summed E-state index contributed by atoms with van der Waals surface area (Å²) in [7, 11) is 1.85. The Kier molecular flexibility index (Phi) is 6.34. The maximum Gasteiger partial charge on any atom is 0.234 e. The molecule has 0 bridgehead atoms. The summed E-state index contributed by atoms with van der Waals surface area (Å²) in [5.74, 6) is 0.0362. The predicted molar refractivity (Wildman–Crippen MR) is 102 cm³/mol. The number of nitrogens with zero attached hydrogens (tertiary/aromatic N) is 4. The maximum absolute atomic E-state index is 12.2. The monoisotopic (exact) mass is 385 g/mol. The van der Waals surface area contributed by atoms with Crippen LogP contribution in [-0.2, 0) is 16.3 Å². The molecule has 1 saturated carbocycles. The summed E-state index contributed by atoms with van der Waals surface area (Å²) < 4.78 is 2.28. The molecule has 0 radical (unpaired) electrons. The number of amides is 2. The zero-order valence-electron chi connectivity index (χ0n) is 15.5. The number of aromatic nitrogens is 2. The topological polar surface area (TPSA) is 70.5 Å². The zero-order valence-corrected chi connectivity index (χ0v) is 17.2. The van der Waals surface area contributed by atoms with Crippen molar-refractivity contribution in [3.05, 3.63) is 3.95 Å². The molecule has 1 N–H and O–H groups in total. The van der Waals surface area contributed by atoms with E-state index in [0.717, 1.165) is 12.8 Å². The number of rotatable bonds is 7. The largest absolute Gasteiger partial charge is 0.350 e. The standard InChI is InChI=1S/C16H27N5O2S2/c1-6-13(23)21(11-7-8-11)14-18-20(15(24)25-14)10-19(5)9-12(22)17-16(2,3)4/h11H,6-10H2,1-5H3,(H,17,22). The van der Waals surface area contributed by atoms with Crippen LogP contribution in [-0.4, -0.2) is 51.7 Å². The van der Waals surface area contributed by atoms with Crippen LogP contribution in [0, 0.1) is 3.95 Å². The van der Waals surface area contributed by atoms with Crippen molar-refractivity contribution in [2.45, 2.75) is 65.2 Å². The molecule has 0 saturated heterocycles. The molecule has 2 amide bonds. The Balaban J connectivity index is 2.03. The van der Waals surface area contributed by atoms with E-state index < -0.39 is 0 Å². The molecule has 7 nitrogen and oxygen atoms in total. The normalized spacial score (nSPS) is 14.6. The van der Waals surface area contributed by atoms with E-state index >= 15 is 0 Å². The number of nitrogens with one attached hydrogen (secondary N) is 1. The summed E-state index contributed by atoms with van der Waals surface area (Å²) in [5.41, 5.74) is -0.257. The smallest absolute Gasteiger partial charge is 0.234 e. The maximum atomic E-state index is 12.2. The molecule has 1 aromatic heterocycles. The van der Waals surface area contributed by atoms with Crippen LogP contribution in [0.1, 0.15) is 47.0 Å². The fourth-order valence-corrected chi connectivity index (χ4v) is 3.60. The second-order valence-electron chi connectivity index (χ2n) is 7.45. The molecule has 0 spiro atoms. The van der Waals surface area contributed by atoms with Crippen LogP contribution in [0.2, 0.25) is 0 Å². The van der Waals surface area contributed by atoms with E-state index in [9.17, 15) is 9.59 Å². The quantitative estimate of drug-likeness (QED) is 0.730. The average Bonchev–Trinajstić information content (AvgIpc) is 3.22. The summed E-state index contributed by atoms with van der Waals surface area (Å²) in [4.78, 5) is 27.9. The molecular weight excluding hydrogens is 358 g/mol. The van der Waals surface area contributed by atoms with Gasteiger partial charge in [-0.2, -0.15) is 0 Å². The first-order chi connectivity index (χ1) is 11.6. The van der Waals surface area contributed by atoms with Gasteiger partial charge in [-0.3, -0.25) is 19.4 Å². The van der Waals surface area contributed by atoms with Crippen molar-refractivity contribution >= 4 is 40.5 Å². The van der Waals surface area contributed by atoms with E-state index in [1.807, 2.05) is 39.6 Å². The van der Waals surface area contributed by atoms with Crippen LogP contribution in [0.15, 0.2) is 0 Å². The van der Waals surface area contributed by atoms with E-state index in [-0.39, 0.29) is 29.9 Å². The van der Waals surface area contributed by atoms with Gasteiger partial charge in [-0.1, -0.05) is 18.3 Å². The summed E-state index contributed by atoms with van der Waals surface area (Å²) in [5, 5.41) is 8.12. The van der Waals surface area contributed by atoms with Gasteiger partial charge in [-0.25, -0.2) is 4.68 Å². The van der Waals surface area contributed by atoms with Gasteiger partial charge < -0.3 is 5.32 Å². The van der Waals surface area contributed by atoms with Gasteiger partial charge >= 0.3 is 0 Å². The van der Waals surface area contributed by atoms with E-state index in [4.69, 9.17) is 12.2 Å². The van der Waals surface area contributed by atoms with Gasteiger partial charge in [0.15, 0.2) is 3.95 Å². The van der Waals surface area contributed by atoms with Crippen LogP contribution in [0.3, 0.4) is 0 Å². The number of anilines is 1. The summed E-state index contributed by atoms with van der Waals surface area (Å²) in [6, 6.07) is 0.261. The van der Waals surface area contributed by atoms with Crippen LogP contribution in [0.4, 0.5) is 5.13 Å². The van der Waals surface area contributed by atoms with Gasteiger partial charge in [0.1, 0.15) is 0 Å². The SMILES string of the molecule is CCC(=O)N(c1nn(CN(C)CC(=O)NC(C)(C)C)c(=S)s1)C1CC1. The number of hydrogen-bond acceptors (Lipinski definition) is 6. The lowest BCUT2D eigenvalue weighted by Gasteiger charge is -2.23. The molecule has 1 aliphatic rings. The van der Waals surface area contributed by atoms with E-state index in [2.05, 4.69) is 10.4 Å². The Morgan fingerprint density at radius 2 is 2.04 bits per heavy atom. The Hall–Kier alpha value is -1.32. The van der Waals surface area contributed by atoms with Crippen molar-refractivity contribution in [1.29, 1.82) is 0 Å². The van der Waals surface area contributed by atoms with Crippen LogP contribution in [0.5, 0.6) is 0 Å². The Morgan fingerprint density at radius 1 is 1.40 bits per heavy atom. The van der Waals surface area contributed by atoms with E-state index in [1.165, 1.54) is 11.3 Å². The highest BCUT2D eigenvalue weighted by Crippen LogP contribution is 2.33. The number of hydrogen-bond donors (Lipinski definition) is 1. The lowest BCUT2D eigenvalue weighted by Crippen LogP contribution is -2.45. The van der Waals surface area contributed by atoms with Crippen molar-refractivity contribution in [3.63, 3.8) is 0 Å². The fourth-order valence-electron chi connectivity index (χ4n) is 2.43. The Bertz CT molecular complexity index is 687.